The van der Waals surface area contributed by atoms with Crippen LogP contribution in [0.4, 0.5) is 0 Å². The molecule has 4 rings (SSSR count). The van der Waals surface area contributed by atoms with Gasteiger partial charge in [-0.25, -0.2) is 4.98 Å². The Morgan fingerprint density at radius 2 is 1.85 bits per heavy atom. The number of imide groups is 1. The number of rotatable bonds is 2. The molecule has 2 unspecified atom stereocenters. The summed E-state index contributed by atoms with van der Waals surface area (Å²) in [5.74, 6) is 0.307. The Hall–Kier alpha value is -2.17. The average Bonchev–Trinajstić information content (AvgIpc) is 2.71. The normalized spacial score (nSPS) is 27.2. The molecule has 1 saturated carbocycles. The molecule has 5 nitrogen and oxygen atoms in total. The molecule has 1 aliphatic heterocycles. The number of nitrogens with zero attached hydrogens (tertiary/aromatic N) is 2. The lowest BCUT2D eigenvalue weighted by Crippen LogP contribution is -2.36. The maximum absolute atomic E-state index is 12.3. The Balaban J connectivity index is 1.61. The number of amides is 2. The summed E-state index contributed by atoms with van der Waals surface area (Å²) in [7, 11) is 0. The van der Waals surface area contributed by atoms with Crippen LogP contribution in [-0.2, 0) is 16.1 Å². The van der Waals surface area contributed by atoms with Crippen molar-refractivity contribution < 1.29 is 9.59 Å². The maximum Gasteiger partial charge on any atom is 0.234 e. The minimum Gasteiger partial charge on any atom is -0.340 e. The summed E-state index contributed by atoms with van der Waals surface area (Å²) < 4.78 is 0. The molecule has 0 spiro atoms. The number of aromatic nitrogens is 2. The number of imidazole rings is 1. The maximum atomic E-state index is 12.3. The van der Waals surface area contributed by atoms with Crippen LogP contribution in [0.3, 0.4) is 0 Å². The molecule has 1 saturated heterocycles. The number of aromatic amines is 1. The molecule has 1 aliphatic carbocycles. The average molecular weight is 269 g/mol. The van der Waals surface area contributed by atoms with Gasteiger partial charge in [-0.05, 0) is 17.5 Å². The van der Waals surface area contributed by atoms with Crippen LogP contribution in [0.2, 0.25) is 0 Å². The fourth-order valence-electron chi connectivity index (χ4n) is 3.39. The van der Waals surface area contributed by atoms with E-state index in [1.807, 2.05) is 38.1 Å². The number of hydrogen-bond donors (Lipinski definition) is 1. The van der Waals surface area contributed by atoms with Crippen LogP contribution in [0.5, 0.6) is 0 Å². The summed E-state index contributed by atoms with van der Waals surface area (Å²) in [4.78, 5) is 33.4. The Kier molecular flexibility index (Phi) is 2.02. The van der Waals surface area contributed by atoms with Gasteiger partial charge in [0, 0.05) is 0 Å². The Labute approximate surface area is 116 Å². The van der Waals surface area contributed by atoms with Gasteiger partial charge in [0.25, 0.3) is 0 Å². The van der Waals surface area contributed by atoms with E-state index in [9.17, 15) is 9.59 Å². The number of fused-ring (bicyclic) bond motifs is 2. The molecule has 0 radical (unpaired) electrons. The van der Waals surface area contributed by atoms with Crippen molar-refractivity contribution in [2.45, 2.75) is 20.4 Å². The number of hydrogen-bond acceptors (Lipinski definition) is 3. The zero-order valence-corrected chi connectivity index (χ0v) is 11.4. The Bertz CT molecular complexity index is 689. The van der Waals surface area contributed by atoms with E-state index in [0.29, 0.717) is 5.82 Å². The highest BCUT2D eigenvalue weighted by Gasteiger charge is 2.72. The zero-order valence-electron chi connectivity index (χ0n) is 11.4. The molecule has 102 valence electrons. The molecule has 5 heteroatoms. The van der Waals surface area contributed by atoms with Crippen molar-refractivity contribution in [2.75, 3.05) is 0 Å². The van der Waals surface area contributed by atoms with Crippen molar-refractivity contribution >= 4 is 22.8 Å². The number of likely N-dealkylation sites (tertiary alicyclic amines) is 1. The lowest BCUT2D eigenvalue weighted by molar-refractivity contribution is -0.143. The van der Waals surface area contributed by atoms with E-state index >= 15 is 0 Å². The summed E-state index contributed by atoms with van der Waals surface area (Å²) >= 11 is 0. The first-order valence-electron chi connectivity index (χ1n) is 6.79. The van der Waals surface area contributed by atoms with Crippen molar-refractivity contribution in [3.63, 3.8) is 0 Å². The van der Waals surface area contributed by atoms with E-state index in [0.717, 1.165) is 11.0 Å². The van der Waals surface area contributed by atoms with Crippen molar-refractivity contribution in [1.29, 1.82) is 0 Å². The molecule has 1 aromatic heterocycles. The molecule has 2 aromatic rings. The standard InChI is InChI=1S/C15H15N3O2/c1-15(2)11-12(15)14(20)18(13(11)19)7-10-16-8-5-3-4-6-9(8)17-10/h3-6,11-12H,7H2,1-2H3,(H,16,17). The fourth-order valence-corrected chi connectivity index (χ4v) is 3.39. The third-order valence-corrected chi connectivity index (χ3v) is 4.64. The van der Waals surface area contributed by atoms with E-state index in [1.54, 1.807) is 0 Å². The summed E-state index contributed by atoms with van der Waals surface area (Å²) in [5.41, 5.74) is 1.62. The van der Waals surface area contributed by atoms with Gasteiger partial charge >= 0.3 is 0 Å². The molecule has 20 heavy (non-hydrogen) atoms. The quantitative estimate of drug-likeness (QED) is 0.844. The first kappa shape index (κ1) is 11.6. The largest absolute Gasteiger partial charge is 0.340 e. The van der Waals surface area contributed by atoms with E-state index in [4.69, 9.17) is 0 Å². The first-order chi connectivity index (χ1) is 9.50. The van der Waals surface area contributed by atoms with E-state index in [-0.39, 0.29) is 35.6 Å². The van der Waals surface area contributed by atoms with Crippen molar-refractivity contribution in [3.8, 4) is 0 Å². The van der Waals surface area contributed by atoms with Gasteiger partial charge < -0.3 is 4.98 Å². The van der Waals surface area contributed by atoms with E-state index in [1.165, 1.54) is 4.90 Å². The molecule has 2 atom stereocenters. The van der Waals surface area contributed by atoms with Gasteiger partial charge in [-0.2, -0.15) is 0 Å². The second-order valence-electron chi connectivity index (χ2n) is 6.24. The number of carbonyl (C=O) groups excluding carboxylic acids is 2. The third kappa shape index (κ3) is 1.35. The van der Waals surface area contributed by atoms with Crippen molar-refractivity contribution in [2.24, 2.45) is 17.3 Å². The van der Waals surface area contributed by atoms with Crippen LogP contribution < -0.4 is 0 Å². The summed E-state index contributed by atoms with van der Waals surface area (Å²) in [6, 6.07) is 7.68. The zero-order chi connectivity index (χ0) is 14.1. The molecule has 1 aromatic carbocycles. The number of carbonyl (C=O) groups is 2. The minimum absolute atomic E-state index is 0.0505. The fraction of sp³-hybridized carbons (Fsp3) is 0.400. The summed E-state index contributed by atoms with van der Waals surface area (Å²) in [5, 5.41) is 0. The molecule has 2 aliphatic rings. The lowest BCUT2D eigenvalue weighted by atomic mass is 10.1. The minimum atomic E-state index is -0.154. The second kappa shape index (κ2) is 3.48. The van der Waals surface area contributed by atoms with Gasteiger partial charge in [0.15, 0.2) is 0 Å². The van der Waals surface area contributed by atoms with E-state index < -0.39 is 0 Å². The molecule has 2 heterocycles. The number of piperidine rings is 1. The highest BCUT2D eigenvalue weighted by atomic mass is 16.2. The van der Waals surface area contributed by atoms with Crippen molar-refractivity contribution in [3.05, 3.63) is 30.1 Å². The molecule has 1 N–H and O–H groups in total. The predicted molar refractivity (Wildman–Crippen MR) is 72.4 cm³/mol. The van der Waals surface area contributed by atoms with Crippen LogP contribution in [0.25, 0.3) is 11.0 Å². The van der Waals surface area contributed by atoms with Gasteiger partial charge in [-0.3, -0.25) is 14.5 Å². The van der Waals surface area contributed by atoms with Gasteiger partial charge in [0.05, 0.1) is 29.4 Å². The Morgan fingerprint density at radius 1 is 1.20 bits per heavy atom. The topological polar surface area (TPSA) is 66.1 Å². The molecule has 0 bridgehead atoms. The van der Waals surface area contributed by atoms with Crippen LogP contribution >= 0.6 is 0 Å². The molecule has 2 fully saturated rings. The number of H-pyrrole nitrogens is 1. The van der Waals surface area contributed by atoms with Gasteiger partial charge in [0.2, 0.25) is 11.8 Å². The van der Waals surface area contributed by atoms with Gasteiger partial charge in [-0.15, -0.1) is 0 Å². The van der Waals surface area contributed by atoms with Crippen molar-refractivity contribution in [1.82, 2.24) is 14.9 Å². The highest BCUT2D eigenvalue weighted by molar-refractivity contribution is 6.10. The monoisotopic (exact) mass is 269 g/mol. The van der Waals surface area contributed by atoms with Gasteiger partial charge in [-0.1, -0.05) is 26.0 Å². The van der Waals surface area contributed by atoms with Crippen LogP contribution in [0.15, 0.2) is 24.3 Å². The van der Waals surface area contributed by atoms with Gasteiger partial charge in [0.1, 0.15) is 5.82 Å². The van der Waals surface area contributed by atoms with Crippen LogP contribution in [0.1, 0.15) is 19.7 Å². The third-order valence-electron chi connectivity index (χ3n) is 4.64. The smallest absolute Gasteiger partial charge is 0.234 e. The van der Waals surface area contributed by atoms with Crippen LogP contribution in [-0.4, -0.2) is 26.7 Å². The number of benzene rings is 1. The second-order valence-corrected chi connectivity index (χ2v) is 6.24. The number of nitrogens with one attached hydrogen (secondary N) is 1. The lowest BCUT2D eigenvalue weighted by Gasteiger charge is -2.19. The first-order valence-corrected chi connectivity index (χ1v) is 6.79. The van der Waals surface area contributed by atoms with Crippen LogP contribution in [0, 0.1) is 17.3 Å². The predicted octanol–water partition coefficient (Wildman–Crippen LogP) is 1.70. The summed E-state index contributed by atoms with van der Waals surface area (Å²) in [6.07, 6.45) is 0. The summed E-state index contributed by atoms with van der Waals surface area (Å²) in [6.45, 7) is 4.21. The molecule has 2 amide bonds. The Morgan fingerprint density at radius 3 is 2.50 bits per heavy atom. The number of para-hydroxylation sites is 2. The molecular formula is C15H15N3O2. The molecular weight excluding hydrogens is 254 g/mol. The SMILES string of the molecule is CC1(C)C2C(=O)N(Cc3nc4ccccc4[nH]3)C(=O)C21. The van der Waals surface area contributed by atoms with E-state index in [2.05, 4.69) is 9.97 Å². The highest BCUT2D eigenvalue weighted by Crippen LogP contribution is 2.63.